The van der Waals surface area contributed by atoms with Gasteiger partial charge in [0.1, 0.15) is 5.82 Å². The molecule has 2 amide bonds. The molecule has 1 aromatic heterocycles. The molecule has 0 radical (unpaired) electrons. The van der Waals surface area contributed by atoms with Gasteiger partial charge >= 0.3 is 6.03 Å². The second-order valence-electron chi connectivity index (χ2n) is 4.07. The van der Waals surface area contributed by atoms with Gasteiger partial charge in [0.15, 0.2) is 0 Å². The van der Waals surface area contributed by atoms with Gasteiger partial charge in [0.25, 0.3) is 0 Å². The molecule has 0 unspecified atom stereocenters. The Bertz CT molecular complexity index is 506. The van der Waals surface area contributed by atoms with Crippen molar-refractivity contribution in [3.63, 3.8) is 0 Å². The van der Waals surface area contributed by atoms with Gasteiger partial charge < -0.3 is 21.4 Å². The van der Waals surface area contributed by atoms with E-state index in [1.165, 1.54) is 0 Å². The molecule has 100 valence electrons. The lowest BCUT2D eigenvalue weighted by Crippen LogP contribution is -2.30. The number of nitrogens with one attached hydrogen (secondary N) is 3. The molecular formula is C13H17N5O. The predicted molar refractivity (Wildman–Crippen MR) is 73.6 cm³/mol. The molecule has 0 aliphatic rings. The Morgan fingerprint density at radius 3 is 2.74 bits per heavy atom. The van der Waals surface area contributed by atoms with E-state index in [-0.39, 0.29) is 6.03 Å². The number of nitrogens with two attached hydrogens (primary N) is 1. The number of hydrogen-bond donors (Lipinski definition) is 4. The standard InChI is InChI=1S/C13H17N5O/c14-9-10-1-3-11(4-2-10)18-13(19)17-6-5-12-15-7-8-16-12/h1-4,7-8H,5-6,9,14H2,(H,15,16)(H2,17,18,19). The fourth-order valence-corrected chi connectivity index (χ4v) is 1.63. The Balaban J connectivity index is 1.74. The number of aromatic nitrogens is 2. The van der Waals surface area contributed by atoms with Crippen molar-refractivity contribution in [2.45, 2.75) is 13.0 Å². The number of H-pyrrole nitrogens is 1. The van der Waals surface area contributed by atoms with E-state index in [0.717, 1.165) is 17.1 Å². The third-order valence-electron chi connectivity index (χ3n) is 2.65. The van der Waals surface area contributed by atoms with Crippen molar-refractivity contribution in [2.75, 3.05) is 11.9 Å². The van der Waals surface area contributed by atoms with Crippen molar-refractivity contribution >= 4 is 11.7 Å². The van der Waals surface area contributed by atoms with Crippen LogP contribution in [-0.4, -0.2) is 22.5 Å². The van der Waals surface area contributed by atoms with Crippen LogP contribution in [0.3, 0.4) is 0 Å². The second-order valence-corrected chi connectivity index (χ2v) is 4.07. The molecule has 5 N–H and O–H groups in total. The first-order valence-corrected chi connectivity index (χ1v) is 6.10. The van der Waals surface area contributed by atoms with Crippen LogP contribution in [0.15, 0.2) is 36.7 Å². The van der Waals surface area contributed by atoms with Crippen LogP contribution in [0.25, 0.3) is 0 Å². The maximum atomic E-state index is 11.6. The number of rotatable bonds is 5. The highest BCUT2D eigenvalue weighted by Gasteiger charge is 2.01. The topological polar surface area (TPSA) is 95.8 Å². The summed E-state index contributed by atoms with van der Waals surface area (Å²) in [4.78, 5) is 18.7. The van der Waals surface area contributed by atoms with E-state index in [2.05, 4.69) is 20.6 Å². The molecule has 1 heterocycles. The molecule has 6 nitrogen and oxygen atoms in total. The number of benzene rings is 1. The fraction of sp³-hybridized carbons (Fsp3) is 0.231. The van der Waals surface area contributed by atoms with Crippen molar-refractivity contribution in [3.05, 3.63) is 48.0 Å². The summed E-state index contributed by atoms with van der Waals surface area (Å²) in [6.07, 6.45) is 4.12. The molecule has 1 aromatic carbocycles. The predicted octanol–water partition coefficient (Wildman–Crippen LogP) is 1.23. The molecule has 2 aromatic rings. The molecule has 0 aliphatic carbocycles. The molecule has 0 saturated heterocycles. The Kier molecular flexibility index (Phi) is 4.52. The number of imidazole rings is 1. The van der Waals surface area contributed by atoms with Gasteiger partial charge in [0.2, 0.25) is 0 Å². The number of hydrogen-bond acceptors (Lipinski definition) is 3. The second kappa shape index (κ2) is 6.55. The highest BCUT2D eigenvalue weighted by atomic mass is 16.2. The van der Waals surface area contributed by atoms with Gasteiger partial charge in [-0.05, 0) is 17.7 Å². The summed E-state index contributed by atoms with van der Waals surface area (Å²) >= 11 is 0. The molecule has 0 spiro atoms. The zero-order valence-corrected chi connectivity index (χ0v) is 10.5. The highest BCUT2D eigenvalue weighted by Crippen LogP contribution is 2.08. The lowest BCUT2D eigenvalue weighted by atomic mass is 10.2. The number of anilines is 1. The highest BCUT2D eigenvalue weighted by molar-refractivity contribution is 5.89. The van der Waals surface area contributed by atoms with Gasteiger partial charge in [-0.2, -0.15) is 0 Å². The maximum absolute atomic E-state index is 11.6. The minimum absolute atomic E-state index is 0.230. The average Bonchev–Trinajstić information content (AvgIpc) is 2.93. The van der Waals surface area contributed by atoms with Crippen LogP contribution in [0.2, 0.25) is 0 Å². The molecule has 0 bridgehead atoms. The first kappa shape index (κ1) is 13.1. The summed E-state index contributed by atoms with van der Waals surface area (Å²) in [7, 11) is 0. The summed E-state index contributed by atoms with van der Waals surface area (Å²) in [6, 6.07) is 7.20. The minimum atomic E-state index is -0.230. The first-order valence-electron chi connectivity index (χ1n) is 6.10. The quantitative estimate of drug-likeness (QED) is 0.650. The Labute approximate surface area is 111 Å². The van der Waals surface area contributed by atoms with E-state index < -0.39 is 0 Å². The minimum Gasteiger partial charge on any atom is -0.349 e. The third-order valence-corrected chi connectivity index (χ3v) is 2.65. The Morgan fingerprint density at radius 1 is 1.32 bits per heavy atom. The van der Waals surface area contributed by atoms with Gasteiger partial charge in [-0.1, -0.05) is 12.1 Å². The number of urea groups is 1. The lowest BCUT2D eigenvalue weighted by Gasteiger charge is -2.07. The molecule has 0 fully saturated rings. The Hall–Kier alpha value is -2.34. The normalized spacial score (nSPS) is 10.2. The van der Waals surface area contributed by atoms with Crippen LogP contribution in [-0.2, 0) is 13.0 Å². The number of nitrogens with zero attached hydrogens (tertiary/aromatic N) is 1. The largest absolute Gasteiger partial charge is 0.349 e. The molecule has 0 saturated carbocycles. The van der Waals surface area contributed by atoms with Crippen molar-refractivity contribution in [3.8, 4) is 0 Å². The average molecular weight is 259 g/mol. The van der Waals surface area contributed by atoms with Crippen LogP contribution in [0.5, 0.6) is 0 Å². The molecule has 19 heavy (non-hydrogen) atoms. The summed E-state index contributed by atoms with van der Waals surface area (Å²) in [5, 5.41) is 5.52. The third kappa shape index (κ3) is 4.11. The van der Waals surface area contributed by atoms with Crippen LogP contribution < -0.4 is 16.4 Å². The fourth-order valence-electron chi connectivity index (χ4n) is 1.63. The van der Waals surface area contributed by atoms with Crippen LogP contribution in [0.1, 0.15) is 11.4 Å². The lowest BCUT2D eigenvalue weighted by molar-refractivity contribution is 0.252. The van der Waals surface area contributed by atoms with Crippen molar-refractivity contribution in [2.24, 2.45) is 5.73 Å². The van der Waals surface area contributed by atoms with E-state index in [4.69, 9.17) is 5.73 Å². The number of aromatic amines is 1. The number of carbonyl (C=O) groups is 1. The molecule has 0 atom stereocenters. The van der Waals surface area contributed by atoms with Crippen LogP contribution >= 0.6 is 0 Å². The summed E-state index contributed by atoms with van der Waals surface area (Å²) in [5.74, 6) is 0.854. The van der Waals surface area contributed by atoms with E-state index in [1.807, 2.05) is 24.3 Å². The van der Waals surface area contributed by atoms with Gasteiger partial charge in [0, 0.05) is 37.6 Å². The van der Waals surface area contributed by atoms with Crippen LogP contribution in [0.4, 0.5) is 10.5 Å². The molecule has 0 aliphatic heterocycles. The number of amides is 2. The SMILES string of the molecule is NCc1ccc(NC(=O)NCCc2ncc[nH]2)cc1. The van der Waals surface area contributed by atoms with E-state index in [1.54, 1.807) is 12.4 Å². The first-order chi connectivity index (χ1) is 9.28. The molecular weight excluding hydrogens is 242 g/mol. The van der Waals surface area contributed by atoms with E-state index in [0.29, 0.717) is 19.5 Å². The van der Waals surface area contributed by atoms with Gasteiger partial charge in [-0.15, -0.1) is 0 Å². The zero-order valence-electron chi connectivity index (χ0n) is 10.5. The summed E-state index contributed by atoms with van der Waals surface area (Å²) in [5.41, 5.74) is 7.28. The zero-order chi connectivity index (χ0) is 13.5. The van der Waals surface area contributed by atoms with Crippen molar-refractivity contribution in [1.29, 1.82) is 0 Å². The van der Waals surface area contributed by atoms with Crippen LogP contribution in [0, 0.1) is 0 Å². The summed E-state index contributed by atoms with van der Waals surface area (Å²) < 4.78 is 0. The molecule has 6 heteroatoms. The van der Waals surface area contributed by atoms with E-state index in [9.17, 15) is 4.79 Å². The summed E-state index contributed by atoms with van der Waals surface area (Å²) in [6.45, 7) is 1.02. The van der Waals surface area contributed by atoms with E-state index >= 15 is 0 Å². The van der Waals surface area contributed by atoms with Crippen molar-refractivity contribution < 1.29 is 4.79 Å². The van der Waals surface area contributed by atoms with Crippen molar-refractivity contribution in [1.82, 2.24) is 15.3 Å². The van der Waals surface area contributed by atoms with Gasteiger partial charge in [0.05, 0.1) is 0 Å². The van der Waals surface area contributed by atoms with Gasteiger partial charge in [-0.25, -0.2) is 9.78 Å². The smallest absolute Gasteiger partial charge is 0.319 e. The molecule has 2 rings (SSSR count). The maximum Gasteiger partial charge on any atom is 0.319 e. The number of carbonyl (C=O) groups excluding carboxylic acids is 1. The monoisotopic (exact) mass is 259 g/mol. The Morgan fingerprint density at radius 2 is 2.11 bits per heavy atom. The van der Waals surface area contributed by atoms with Gasteiger partial charge in [-0.3, -0.25) is 0 Å².